The first-order chi connectivity index (χ1) is 9.54. The summed E-state index contributed by atoms with van der Waals surface area (Å²) in [4.78, 5) is 11.0. The van der Waals surface area contributed by atoms with Gasteiger partial charge in [-0.05, 0) is 24.3 Å². The Labute approximate surface area is 124 Å². The smallest absolute Gasteiger partial charge is 0.306 e. The maximum Gasteiger partial charge on any atom is 0.306 e. The van der Waals surface area contributed by atoms with E-state index in [4.69, 9.17) is 11.6 Å². The van der Waals surface area contributed by atoms with Crippen LogP contribution in [-0.2, 0) is 6.54 Å². The molecule has 0 saturated carbocycles. The van der Waals surface area contributed by atoms with Crippen LogP contribution >= 0.6 is 23.4 Å². The second-order valence-electron chi connectivity index (χ2n) is 4.10. The minimum Gasteiger partial charge on any atom is -0.390 e. The molecule has 106 valence electrons. The first-order valence-corrected chi connectivity index (χ1v) is 7.14. The lowest BCUT2D eigenvalue weighted by Crippen LogP contribution is -2.18. The number of rotatable bonds is 6. The summed E-state index contributed by atoms with van der Waals surface area (Å²) in [6.45, 7) is 0.217. The molecule has 2 aromatic rings. The van der Waals surface area contributed by atoms with Crippen LogP contribution in [0.3, 0.4) is 0 Å². The number of hydrogen-bond acceptors (Lipinski definition) is 5. The summed E-state index contributed by atoms with van der Waals surface area (Å²) in [6, 6.07) is 7.32. The van der Waals surface area contributed by atoms with Crippen molar-refractivity contribution in [3.05, 3.63) is 51.8 Å². The van der Waals surface area contributed by atoms with E-state index in [2.05, 4.69) is 5.10 Å². The number of aliphatic hydroxyl groups is 1. The van der Waals surface area contributed by atoms with E-state index in [1.54, 1.807) is 12.1 Å². The Morgan fingerprint density at radius 1 is 1.45 bits per heavy atom. The van der Waals surface area contributed by atoms with Gasteiger partial charge >= 0.3 is 5.69 Å². The SMILES string of the molecule is O=[N+]([O-])c1cnn(C[C@@H](O)CSc2ccc(Cl)cc2)c1. The molecule has 6 nitrogen and oxygen atoms in total. The van der Waals surface area contributed by atoms with E-state index in [-0.39, 0.29) is 12.2 Å². The molecule has 0 amide bonds. The van der Waals surface area contributed by atoms with Gasteiger partial charge in [0, 0.05) is 15.7 Å². The second-order valence-corrected chi connectivity index (χ2v) is 5.63. The summed E-state index contributed by atoms with van der Waals surface area (Å²) >= 11 is 7.27. The zero-order valence-corrected chi connectivity index (χ0v) is 11.9. The molecule has 0 radical (unpaired) electrons. The molecule has 0 unspecified atom stereocenters. The summed E-state index contributed by atoms with van der Waals surface area (Å²) in [5.74, 6) is 0.468. The van der Waals surface area contributed by atoms with E-state index in [9.17, 15) is 15.2 Å². The molecule has 1 N–H and O–H groups in total. The molecule has 1 heterocycles. The highest BCUT2D eigenvalue weighted by Crippen LogP contribution is 2.21. The summed E-state index contributed by atoms with van der Waals surface area (Å²) < 4.78 is 1.37. The van der Waals surface area contributed by atoms with Crippen LogP contribution in [0.4, 0.5) is 5.69 Å². The molecule has 1 aromatic carbocycles. The number of aromatic nitrogens is 2. The zero-order valence-electron chi connectivity index (χ0n) is 10.3. The average molecular weight is 314 g/mol. The van der Waals surface area contributed by atoms with Crippen LogP contribution in [0.2, 0.25) is 5.02 Å². The van der Waals surface area contributed by atoms with Crippen molar-refractivity contribution in [1.29, 1.82) is 0 Å². The Hall–Kier alpha value is -1.57. The Morgan fingerprint density at radius 2 is 2.15 bits per heavy atom. The van der Waals surface area contributed by atoms with Crippen molar-refractivity contribution in [2.45, 2.75) is 17.5 Å². The maximum atomic E-state index is 10.5. The number of benzene rings is 1. The molecular weight excluding hydrogens is 302 g/mol. The predicted octanol–water partition coefficient (Wildman–Crippen LogP) is 2.60. The fourth-order valence-electron chi connectivity index (χ4n) is 1.54. The molecule has 0 aliphatic heterocycles. The lowest BCUT2D eigenvalue weighted by atomic mass is 10.4. The van der Waals surface area contributed by atoms with Crippen LogP contribution in [0.15, 0.2) is 41.6 Å². The van der Waals surface area contributed by atoms with Gasteiger partial charge in [0.15, 0.2) is 0 Å². The van der Waals surface area contributed by atoms with Crippen molar-refractivity contribution in [2.75, 3.05) is 5.75 Å². The topological polar surface area (TPSA) is 81.2 Å². The fraction of sp³-hybridized carbons (Fsp3) is 0.250. The van der Waals surface area contributed by atoms with Gasteiger partial charge in [0.05, 0.1) is 17.6 Å². The van der Waals surface area contributed by atoms with Gasteiger partial charge in [-0.2, -0.15) is 5.10 Å². The summed E-state index contributed by atoms with van der Waals surface area (Å²) in [5, 5.41) is 24.9. The maximum absolute atomic E-state index is 10.5. The quantitative estimate of drug-likeness (QED) is 0.503. The number of halogens is 1. The standard InChI is InChI=1S/C12H12ClN3O3S/c13-9-1-3-12(4-2-9)20-8-11(17)7-15-6-10(5-14-15)16(18)19/h1-6,11,17H,7-8H2/t11-/m1/s1. The average Bonchev–Trinajstić information content (AvgIpc) is 2.87. The fourth-order valence-corrected chi connectivity index (χ4v) is 2.48. The normalized spacial score (nSPS) is 12.3. The second kappa shape index (κ2) is 6.74. The van der Waals surface area contributed by atoms with Gasteiger partial charge < -0.3 is 5.11 Å². The molecule has 0 spiro atoms. The van der Waals surface area contributed by atoms with E-state index in [0.29, 0.717) is 10.8 Å². The van der Waals surface area contributed by atoms with E-state index in [0.717, 1.165) is 4.90 Å². The van der Waals surface area contributed by atoms with Gasteiger partial charge in [-0.3, -0.25) is 14.8 Å². The minimum absolute atomic E-state index is 0.0810. The Balaban J connectivity index is 1.84. The van der Waals surface area contributed by atoms with Crippen molar-refractivity contribution in [2.24, 2.45) is 0 Å². The highest BCUT2D eigenvalue weighted by Gasteiger charge is 2.12. The van der Waals surface area contributed by atoms with Crippen molar-refractivity contribution in [3.8, 4) is 0 Å². The highest BCUT2D eigenvalue weighted by atomic mass is 35.5. The molecule has 0 aliphatic carbocycles. The molecular formula is C12H12ClN3O3S. The Bertz CT molecular complexity index is 588. The number of thioether (sulfide) groups is 1. The van der Waals surface area contributed by atoms with Crippen molar-refractivity contribution in [1.82, 2.24) is 9.78 Å². The van der Waals surface area contributed by atoms with Crippen molar-refractivity contribution >= 4 is 29.1 Å². The molecule has 1 aromatic heterocycles. The lowest BCUT2D eigenvalue weighted by molar-refractivity contribution is -0.385. The summed E-state index contributed by atoms with van der Waals surface area (Å²) in [7, 11) is 0. The molecule has 2 rings (SSSR count). The van der Waals surface area contributed by atoms with Crippen LogP contribution in [0.1, 0.15) is 0 Å². The van der Waals surface area contributed by atoms with Gasteiger partial charge in [-0.1, -0.05) is 11.6 Å². The number of aliphatic hydroxyl groups excluding tert-OH is 1. The van der Waals surface area contributed by atoms with Crippen LogP contribution < -0.4 is 0 Å². The predicted molar refractivity (Wildman–Crippen MR) is 77.1 cm³/mol. The van der Waals surface area contributed by atoms with Gasteiger partial charge in [0.2, 0.25) is 0 Å². The van der Waals surface area contributed by atoms with Gasteiger partial charge in [-0.25, -0.2) is 0 Å². The third-order valence-corrected chi connectivity index (χ3v) is 3.89. The molecule has 0 aliphatic rings. The van der Waals surface area contributed by atoms with Gasteiger partial charge in [-0.15, -0.1) is 11.8 Å². The molecule has 0 fully saturated rings. The van der Waals surface area contributed by atoms with Crippen LogP contribution in [0.5, 0.6) is 0 Å². The zero-order chi connectivity index (χ0) is 14.5. The molecule has 8 heteroatoms. The van der Waals surface area contributed by atoms with E-state index in [1.165, 1.54) is 28.8 Å². The Morgan fingerprint density at radius 3 is 2.75 bits per heavy atom. The molecule has 0 bridgehead atoms. The number of nitro groups is 1. The third kappa shape index (κ3) is 4.22. The molecule has 20 heavy (non-hydrogen) atoms. The van der Waals surface area contributed by atoms with E-state index >= 15 is 0 Å². The van der Waals surface area contributed by atoms with Crippen LogP contribution in [0.25, 0.3) is 0 Å². The van der Waals surface area contributed by atoms with Gasteiger partial charge in [0.1, 0.15) is 12.4 Å². The lowest BCUT2D eigenvalue weighted by Gasteiger charge is -2.10. The highest BCUT2D eigenvalue weighted by molar-refractivity contribution is 7.99. The molecule has 0 saturated heterocycles. The number of hydrogen-bond donors (Lipinski definition) is 1. The van der Waals surface area contributed by atoms with Crippen LogP contribution in [-0.4, -0.2) is 31.7 Å². The molecule has 1 atom stereocenters. The Kier molecular flexibility index (Phi) is 4.99. The summed E-state index contributed by atoms with van der Waals surface area (Å²) in [5.41, 5.74) is -0.0810. The first-order valence-electron chi connectivity index (χ1n) is 5.78. The van der Waals surface area contributed by atoms with E-state index in [1.807, 2.05) is 12.1 Å². The van der Waals surface area contributed by atoms with Crippen molar-refractivity contribution < 1.29 is 10.0 Å². The number of nitrogens with zero attached hydrogens (tertiary/aromatic N) is 3. The van der Waals surface area contributed by atoms with Crippen molar-refractivity contribution in [3.63, 3.8) is 0 Å². The third-order valence-electron chi connectivity index (χ3n) is 2.48. The first kappa shape index (κ1) is 14.8. The monoisotopic (exact) mass is 313 g/mol. The van der Waals surface area contributed by atoms with E-state index < -0.39 is 11.0 Å². The largest absolute Gasteiger partial charge is 0.390 e. The minimum atomic E-state index is -0.643. The summed E-state index contributed by atoms with van der Waals surface area (Å²) in [6.07, 6.45) is 1.82. The van der Waals surface area contributed by atoms with Gasteiger partial charge in [0.25, 0.3) is 0 Å². The van der Waals surface area contributed by atoms with Crippen LogP contribution in [0, 0.1) is 10.1 Å².